The number of carbonyl (C=O) groups excluding carboxylic acids is 3. The SMILES string of the molecule is CC(C)(C)OC(=O)C[C@H]1C(=O)N(S(=O)(=O)c2ccc(Cl)cc2)C(=O)N1Cc1ccccc1. The Labute approximate surface area is 191 Å². The van der Waals surface area contributed by atoms with Crippen LogP contribution in [0.1, 0.15) is 32.8 Å². The maximum absolute atomic E-state index is 13.2. The fraction of sp³-hybridized carbons (Fsp3) is 0.318. The normalized spacial score (nSPS) is 17.1. The predicted molar refractivity (Wildman–Crippen MR) is 117 cm³/mol. The van der Waals surface area contributed by atoms with Gasteiger partial charge >= 0.3 is 12.0 Å². The Morgan fingerprint density at radius 1 is 1.03 bits per heavy atom. The van der Waals surface area contributed by atoms with Crippen molar-refractivity contribution in [1.29, 1.82) is 0 Å². The molecule has 3 rings (SSSR count). The largest absolute Gasteiger partial charge is 0.460 e. The topological polar surface area (TPSA) is 101 Å². The molecule has 1 aliphatic heterocycles. The quantitative estimate of drug-likeness (QED) is 0.464. The van der Waals surface area contributed by atoms with Crippen molar-refractivity contribution in [2.75, 3.05) is 0 Å². The minimum atomic E-state index is -4.50. The second-order valence-electron chi connectivity index (χ2n) is 8.26. The third-order valence-corrected chi connectivity index (χ3v) is 6.55. The molecular weight excluding hydrogens is 456 g/mol. The molecule has 0 spiro atoms. The van der Waals surface area contributed by atoms with Gasteiger partial charge in [0.05, 0.1) is 11.3 Å². The summed E-state index contributed by atoms with van der Waals surface area (Å²) >= 11 is 5.82. The van der Waals surface area contributed by atoms with Gasteiger partial charge in [0.2, 0.25) is 0 Å². The van der Waals surface area contributed by atoms with Crippen molar-refractivity contribution < 1.29 is 27.5 Å². The lowest BCUT2D eigenvalue weighted by atomic mass is 10.1. The first-order valence-corrected chi connectivity index (χ1v) is 11.6. The predicted octanol–water partition coefficient (Wildman–Crippen LogP) is 3.59. The molecule has 10 heteroatoms. The van der Waals surface area contributed by atoms with E-state index >= 15 is 0 Å². The number of nitrogens with zero attached hydrogens (tertiary/aromatic N) is 2. The third kappa shape index (κ3) is 5.11. The van der Waals surface area contributed by atoms with Crippen LogP contribution in [-0.4, -0.2) is 47.2 Å². The molecule has 1 saturated heterocycles. The lowest BCUT2D eigenvalue weighted by Gasteiger charge is -2.24. The average Bonchev–Trinajstić information content (AvgIpc) is 2.92. The Kier molecular flexibility index (Phi) is 6.61. The second kappa shape index (κ2) is 8.91. The molecule has 1 atom stereocenters. The van der Waals surface area contributed by atoms with E-state index in [1.165, 1.54) is 24.3 Å². The summed E-state index contributed by atoms with van der Waals surface area (Å²) in [6, 6.07) is 11.5. The van der Waals surface area contributed by atoms with Crippen LogP contribution in [0, 0.1) is 0 Å². The Morgan fingerprint density at radius 2 is 1.62 bits per heavy atom. The van der Waals surface area contributed by atoms with Crippen molar-refractivity contribution in [3.05, 3.63) is 65.2 Å². The number of ether oxygens (including phenoxy) is 1. The molecule has 170 valence electrons. The summed E-state index contributed by atoms with van der Waals surface area (Å²) in [6.07, 6.45) is -0.471. The summed E-state index contributed by atoms with van der Waals surface area (Å²) in [5.41, 5.74) is -0.129. The van der Waals surface area contributed by atoms with Crippen LogP contribution in [0.2, 0.25) is 5.02 Å². The number of rotatable bonds is 6. The highest BCUT2D eigenvalue weighted by Crippen LogP contribution is 2.30. The number of urea groups is 1. The van der Waals surface area contributed by atoms with Crippen molar-refractivity contribution in [3.8, 4) is 0 Å². The van der Waals surface area contributed by atoms with E-state index in [1.807, 2.05) is 0 Å². The number of amides is 3. The van der Waals surface area contributed by atoms with E-state index in [1.54, 1.807) is 51.1 Å². The highest BCUT2D eigenvalue weighted by molar-refractivity contribution is 7.90. The Balaban J connectivity index is 1.97. The van der Waals surface area contributed by atoms with E-state index in [2.05, 4.69) is 0 Å². The molecule has 3 amide bonds. The molecule has 0 unspecified atom stereocenters. The molecule has 0 N–H and O–H groups in total. The van der Waals surface area contributed by atoms with Gasteiger partial charge in [-0.2, -0.15) is 0 Å². The first kappa shape index (κ1) is 23.7. The molecule has 2 aromatic carbocycles. The number of halogens is 1. The van der Waals surface area contributed by atoms with Gasteiger partial charge in [0.15, 0.2) is 0 Å². The highest BCUT2D eigenvalue weighted by Gasteiger charge is 2.52. The molecule has 1 heterocycles. The van der Waals surface area contributed by atoms with E-state index in [0.717, 1.165) is 4.90 Å². The van der Waals surface area contributed by atoms with Crippen molar-refractivity contribution in [3.63, 3.8) is 0 Å². The number of hydrogen-bond donors (Lipinski definition) is 0. The number of esters is 1. The summed E-state index contributed by atoms with van der Waals surface area (Å²) in [6.45, 7) is 4.97. The monoisotopic (exact) mass is 478 g/mol. The maximum atomic E-state index is 13.2. The van der Waals surface area contributed by atoms with Crippen LogP contribution in [0.15, 0.2) is 59.5 Å². The molecule has 32 heavy (non-hydrogen) atoms. The van der Waals surface area contributed by atoms with Gasteiger partial charge in [-0.25, -0.2) is 13.2 Å². The lowest BCUT2D eigenvalue weighted by molar-refractivity contribution is -0.157. The first-order chi connectivity index (χ1) is 14.9. The van der Waals surface area contributed by atoms with Gasteiger partial charge < -0.3 is 9.64 Å². The number of benzene rings is 2. The molecule has 0 aliphatic carbocycles. The van der Waals surface area contributed by atoms with Crippen molar-refractivity contribution in [2.45, 2.75) is 50.3 Å². The van der Waals surface area contributed by atoms with Crippen LogP contribution in [0.5, 0.6) is 0 Å². The number of sulfonamides is 1. The Morgan fingerprint density at radius 3 is 2.19 bits per heavy atom. The van der Waals surface area contributed by atoms with Gasteiger partial charge in [-0.1, -0.05) is 41.9 Å². The van der Waals surface area contributed by atoms with Crippen LogP contribution >= 0.6 is 11.6 Å². The number of imide groups is 1. The van der Waals surface area contributed by atoms with Gasteiger partial charge in [-0.05, 0) is 50.6 Å². The van der Waals surface area contributed by atoms with E-state index in [0.29, 0.717) is 10.6 Å². The van der Waals surface area contributed by atoms with Crippen molar-refractivity contribution in [1.82, 2.24) is 9.21 Å². The van der Waals surface area contributed by atoms with Crippen molar-refractivity contribution >= 4 is 39.5 Å². The first-order valence-electron chi connectivity index (χ1n) is 9.81. The van der Waals surface area contributed by atoms with Gasteiger partial charge in [0, 0.05) is 11.6 Å². The second-order valence-corrected chi connectivity index (χ2v) is 10.5. The standard InChI is InChI=1S/C22H23ClN2O6S/c1-22(2,3)31-19(26)13-18-20(27)25(32(29,30)17-11-9-16(23)10-12-17)21(28)24(18)14-15-7-5-4-6-8-15/h4-12,18H,13-14H2,1-3H3/t18-/m0/s1. The summed E-state index contributed by atoms with van der Waals surface area (Å²) in [5.74, 6) is -1.72. The smallest absolute Gasteiger partial charge is 0.342 e. The Hall–Kier alpha value is -2.91. The van der Waals surface area contributed by atoms with E-state index < -0.39 is 46.0 Å². The van der Waals surface area contributed by atoms with Crippen LogP contribution < -0.4 is 0 Å². The van der Waals surface area contributed by atoms with Gasteiger partial charge in [-0.15, -0.1) is 4.31 Å². The molecule has 0 radical (unpaired) electrons. The third-order valence-electron chi connectivity index (χ3n) is 4.61. The van der Waals surface area contributed by atoms with Gasteiger partial charge in [0.25, 0.3) is 15.9 Å². The molecule has 0 aromatic heterocycles. The van der Waals surface area contributed by atoms with Gasteiger partial charge in [0.1, 0.15) is 11.6 Å². The highest BCUT2D eigenvalue weighted by atomic mass is 35.5. The zero-order valence-electron chi connectivity index (χ0n) is 17.8. The minimum Gasteiger partial charge on any atom is -0.460 e. The molecule has 0 bridgehead atoms. The summed E-state index contributed by atoms with van der Waals surface area (Å²) in [5, 5.41) is 0.302. The number of hydrogen-bond acceptors (Lipinski definition) is 6. The van der Waals surface area contributed by atoms with Crippen molar-refractivity contribution in [2.24, 2.45) is 0 Å². The summed E-state index contributed by atoms with van der Waals surface area (Å²) in [4.78, 5) is 39.6. The van der Waals surface area contributed by atoms with Crippen LogP contribution in [0.4, 0.5) is 4.79 Å². The zero-order chi connectivity index (χ0) is 23.7. The molecule has 1 aliphatic rings. The zero-order valence-corrected chi connectivity index (χ0v) is 19.4. The number of carbonyl (C=O) groups is 3. The molecule has 2 aromatic rings. The molecular formula is C22H23ClN2O6S. The fourth-order valence-corrected chi connectivity index (χ4v) is 4.73. The van der Waals surface area contributed by atoms with E-state index in [4.69, 9.17) is 16.3 Å². The molecule has 0 saturated carbocycles. The summed E-state index contributed by atoms with van der Waals surface area (Å²) in [7, 11) is -4.50. The minimum absolute atomic E-state index is 0.0501. The van der Waals surface area contributed by atoms with E-state index in [-0.39, 0.29) is 15.7 Å². The lowest BCUT2D eigenvalue weighted by Crippen LogP contribution is -2.38. The maximum Gasteiger partial charge on any atom is 0.342 e. The fourth-order valence-electron chi connectivity index (χ4n) is 3.24. The average molecular weight is 479 g/mol. The molecule has 1 fully saturated rings. The van der Waals surface area contributed by atoms with E-state index in [9.17, 15) is 22.8 Å². The Bertz CT molecular complexity index is 1130. The van der Waals surface area contributed by atoms with Gasteiger partial charge in [-0.3, -0.25) is 9.59 Å². The van der Waals surface area contributed by atoms with Crippen LogP contribution in [0.25, 0.3) is 0 Å². The van der Waals surface area contributed by atoms with Crippen LogP contribution in [0.3, 0.4) is 0 Å². The van der Waals surface area contributed by atoms with Crippen LogP contribution in [-0.2, 0) is 30.9 Å². The summed E-state index contributed by atoms with van der Waals surface area (Å²) < 4.78 is 31.8. The molecule has 8 nitrogen and oxygen atoms in total.